The molecule has 5 nitrogen and oxygen atoms in total. The summed E-state index contributed by atoms with van der Waals surface area (Å²) in [6, 6.07) is 0.258. The highest BCUT2D eigenvalue weighted by Crippen LogP contribution is 2.27. The zero-order valence-electron chi connectivity index (χ0n) is 11.4. The molecule has 1 aromatic heterocycles. The fourth-order valence-corrected chi connectivity index (χ4v) is 2.75. The third-order valence-corrected chi connectivity index (χ3v) is 4.17. The van der Waals surface area contributed by atoms with Gasteiger partial charge in [0, 0.05) is 23.9 Å². The quantitative estimate of drug-likeness (QED) is 0.857. The molecule has 104 valence electrons. The summed E-state index contributed by atoms with van der Waals surface area (Å²) < 4.78 is 2.05. The minimum Gasteiger partial charge on any atom is -0.352 e. The molecule has 1 saturated carbocycles. The first-order valence-corrected chi connectivity index (χ1v) is 7.28. The zero-order valence-corrected chi connectivity index (χ0v) is 11.4. The summed E-state index contributed by atoms with van der Waals surface area (Å²) in [4.78, 5) is 16.4. The van der Waals surface area contributed by atoms with Crippen LogP contribution in [0.1, 0.15) is 50.3 Å². The Kier molecular flexibility index (Phi) is 3.55. The second-order valence-electron chi connectivity index (χ2n) is 5.71. The van der Waals surface area contributed by atoms with Crippen LogP contribution in [0.2, 0.25) is 0 Å². The summed E-state index contributed by atoms with van der Waals surface area (Å²) in [7, 11) is 0. The predicted octanol–water partition coefficient (Wildman–Crippen LogP) is 1.19. The van der Waals surface area contributed by atoms with Crippen molar-refractivity contribution in [3.05, 3.63) is 18.2 Å². The topological polar surface area (TPSA) is 59.0 Å². The number of nitrogens with one attached hydrogen (secondary N) is 2. The van der Waals surface area contributed by atoms with E-state index in [0.717, 1.165) is 38.8 Å². The maximum Gasteiger partial charge on any atom is 0.243 e. The number of amides is 1. The predicted molar refractivity (Wildman–Crippen MR) is 72.9 cm³/mol. The van der Waals surface area contributed by atoms with Gasteiger partial charge in [0.15, 0.2) is 0 Å². The summed E-state index contributed by atoms with van der Waals surface area (Å²) >= 11 is 0. The van der Waals surface area contributed by atoms with Gasteiger partial charge < -0.3 is 15.2 Å². The molecule has 2 aliphatic rings. The first-order chi connectivity index (χ1) is 9.25. The van der Waals surface area contributed by atoms with E-state index in [-0.39, 0.29) is 11.9 Å². The number of carbonyl (C=O) groups is 1. The summed E-state index contributed by atoms with van der Waals surface area (Å²) in [5.41, 5.74) is 1.21. The highest BCUT2D eigenvalue weighted by Gasteiger charge is 2.28. The fraction of sp³-hybridized carbons (Fsp3) is 0.714. The molecule has 1 aliphatic carbocycles. The van der Waals surface area contributed by atoms with Crippen LogP contribution in [0.4, 0.5) is 0 Å². The summed E-state index contributed by atoms with van der Waals surface area (Å²) in [5, 5.41) is 6.45. The van der Waals surface area contributed by atoms with E-state index < -0.39 is 0 Å². The first kappa shape index (κ1) is 12.7. The van der Waals surface area contributed by atoms with E-state index >= 15 is 0 Å². The molecular weight excluding hydrogens is 240 g/mol. The summed E-state index contributed by atoms with van der Waals surface area (Å²) in [6.07, 6.45) is 8.24. The molecule has 2 fully saturated rings. The Labute approximate surface area is 113 Å². The molecule has 0 bridgehead atoms. The second-order valence-corrected chi connectivity index (χ2v) is 5.71. The molecule has 5 heteroatoms. The molecule has 3 rings (SSSR count). The molecule has 2 N–H and O–H groups in total. The van der Waals surface area contributed by atoms with Gasteiger partial charge in [-0.1, -0.05) is 0 Å². The van der Waals surface area contributed by atoms with Crippen molar-refractivity contribution in [2.75, 3.05) is 13.1 Å². The van der Waals surface area contributed by atoms with Gasteiger partial charge in [-0.2, -0.15) is 0 Å². The van der Waals surface area contributed by atoms with Crippen molar-refractivity contribution in [3.8, 4) is 0 Å². The maximum absolute atomic E-state index is 12.2. The number of carbonyl (C=O) groups excluding carboxylic acids is 1. The molecule has 19 heavy (non-hydrogen) atoms. The van der Waals surface area contributed by atoms with E-state index in [0.29, 0.717) is 12.0 Å². The van der Waals surface area contributed by atoms with Gasteiger partial charge in [-0.3, -0.25) is 4.79 Å². The zero-order chi connectivity index (χ0) is 13.2. The van der Waals surface area contributed by atoms with E-state index in [9.17, 15) is 4.79 Å². The van der Waals surface area contributed by atoms with Crippen LogP contribution in [-0.4, -0.2) is 34.6 Å². The van der Waals surface area contributed by atoms with Crippen molar-refractivity contribution in [2.24, 2.45) is 0 Å². The Balaban J connectivity index is 1.72. The lowest BCUT2D eigenvalue weighted by Crippen LogP contribution is -2.34. The van der Waals surface area contributed by atoms with Gasteiger partial charge >= 0.3 is 0 Å². The fourth-order valence-electron chi connectivity index (χ4n) is 2.75. The van der Waals surface area contributed by atoms with Crippen molar-refractivity contribution in [1.29, 1.82) is 0 Å². The van der Waals surface area contributed by atoms with Crippen molar-refractivity contribution in [3.63, 3.8) is 0 Å². The van der Waals surface area contributed by atoms with Gasteiger partial charge in [-0.15, -0.1) is 0 Å². The number of aromatic nitrogens is 2. The normalized spacial score (nSPS) is 22.2. The van der Waals surface area contributed by atoms with Gasteiger partial charge in [0.1, 0.15) is 6.04 Å². The molecule has 2 heterocycles. The summed E-state index contributed by atoms with van der Waals surface area (Å²) in [5.74, 6) is 0.649. The van der Waals surface area contributed by atoms with Crippen LogP contribution in [0.15, 0.2) is 12.5 Å². The van der Waals surface area contributed by atoms with Crippen LogP contribution in [0.25, 0.3) is 0 Å². The Morgan fingerprint density at radius 3 is 2.84 bits per heavy atom. The highest BCUT2D eigenvalue weighted by atomic mass is 16.2. The third kappa shape index (κ3) is 2.81. The Bertz CT molecular complexity index is 446. The molecule has 0 aromatic carbocycles. The lowest BCUT2D eigenvalue weighted by Gasteiger charge is -2.25. The van der Waals surface area contributed by atoms with Gasteiger partial charge in [-0.25, -0.2) is 4.98 Å². The standard InChI is InChI=1S/C14H22N4O/c1-10(14(19)17-12-2-3-12)18-9-16-8-13(18)11-4-6-15-7-5-11/h8-12,15H,2-7H2,1H3,(H,17,19). The van der Waals surface area contributed by atoms with Crippen LogP contribution in [0, 0.1) is 0 Å². The second kappa shape index (κ2) is 5.33. The van der Waals surface area contributed by atoms with Gasteiger partial charge in [0.25, 0.3) is 0 Å². The van der Waals surface area contributed by atoms with Gasteiger partial charge in [0.2, 0.25) is 5.91 Å². The van der Waals surface area contributed by atoms with Crippen LogP contribution in [0.3, 0.4) is 0 Å². The van der Waals surface area contributed by atoms with Crippen molar-refractivity contribution in [1.82, 2.24) is 20.2 Å². The third-order valence-electron chi connectivity index (χ3n) is 4.17. The summed E-state index contributed by atoms with van der Waals surface area (Å²) in [6.45, 7) is 4.07. The number of piperidine rings is 1. The molecule has 1 aromatic rings. The average molecular weight is 262 g/mol. The number of imidazole rings is 1. The largest absolute Gasteiger partial charge is 0.352 e. The van der Waals surface area contributed by atoms with Crippen LogP contribution in [-0.2, 0) is 4.79 Å². The lowest BCUT2D eigenvalue weighted by atomic mass is 9.94. The van der Waals surface area contributed by atoms with E-state index in [1.807, 2.05) is 17.7 Å². The lowest BCUT2D eigenvalue weighted by molar-refractivity contribution is -0.124. The van der Waals surface area contributed by atoms with Crippen molar-refractivity contribution < 1.29 is 4.79 Å². The van der Waals surface area contributed by atoms with E-state index in [4.69, 9.17) is 0 Å². The van der Waals surface area contributed by atoms with Gasteiger partial charge in [-0.05, 0) is 45.7 Å². The Morgan fingerprint density at radius 2 is 2.16 bits per heavy atom. The Morgan fingerprint density at radius 1 is 1.42 bits per heavy atom. The van der Waals surface area contributed by atoms with E-state index in [1.165, 1.54) is 5.69 Å². The number of rotatable bonds is 4. The number of hydrogen-bond donors (Lipinski definition) is 2. The minimum absolute atomic E-state index is 0.121. The number of nitrogens with zero attached hydrogens (tertiary/aromatic N) is 2. The van der Waals surface area contributed by atoms with Crippen molar-refractivity contribution in [2.45, 2.75) is 50.6 Å². The highest BCUT2D eigenvalue weighted by molar-refractivity contribution is 5.80. The molecule has 1 aliphatic heterocycles. The first-order valence-electron chi connectivity index (χ1n) is 7.28. The van der Waals surface area contributed by atoms with Crippen LogP contribution < -0.4 is 10.6 Å². The van der Waals surface area contributed by atoms with E-state index in [2.05, 4.69) is 15.6 Å². The average Bonchev–Trinajstić information content (AvgIpc) is 3.12. The number of hydrogen-bond acceptors (Lipinski definition) is 3. The molecule has 0 radical (unpaired) electrons. The molecule has 0 spiro atoms. The smallest absolute Gasteiger partial charge is 0.243 e. The van der Waals surface area contributed by atoms with Crippen LogP contribution >= 0.6 is 0 Å². The molecule has 1 unspecified atom stereocenters. The maximum atomic E-state index is 12.2. The van der Waals surface area contributed by atoms with E-state index in [1.54, 1.807) is 6.33 Å². The minimum atomic E-state index is -0.159. The molecule has 1 saturated heterocycles. The van der Waals surface area contributed by atoms with Gasteiger partial charge in [0.05, 0.1) is 6.33 Å². The van der Waals surface area contributed by atoms with Crippen LogP contribution in [0.5, 0.6) is 0 Å². The van der Waals surface area contributed by atoms with Crippen molar-refractivity contribution >= 4 is 5.91 Å². The molecule has 1 amide bonds. The Hall–Kier alpha value is -1.36. The SMILES string of the molecule is CC(C(=O)NC1CC1)n1cncc1C1CCNCC1. The monoisotopic (exact) mass is 262 g/mol. The molecule has 1 atom stereocenters. The molecular formula is C14H22N4O.